The second-order valence-corrected chi connectivity index (χ2v) is 5.45. The molecule has 4 heteroatoms. The van der Waals surface area contributed by atoms with Gasteiger partial charge in [0.15, 0.2) is 0 Å². The molecule has 2 aromatic rings. The molecule has 2 aromatic carbocycles. The summed E-state index contributed by atoms with van der Waals surface area (Å²) < 4.78 is 19.5. The van der Waals surface area contributed by atoms with E-state index in [0.717, 1.165) is 12.2 Å². The predicted octanol–water partition coefficient (Wildman–Crippen LogP) is 3.05. The van der Waals surface area contributed by atoms with Crippen molar-refractivity contribution in [3.63, 3.8) is 0 Å². The first-order valence-corrected chi connectivity index (χ1v) is 7.45. The molecule has 1 aliphatic heterocycles. The van der Waals surface area contributed by atoms with E-state index in [2.05, 4.69) is 0 Å². The molecule has 0 radical (unpaired) electrons. The largest absolute Gasteiger partial charge is 0.489 e. The van der Waals surface area contributed by atoms with Crippen LogP contribution >= 0.6 is 0 Å². The molecule has 0 aromatic heterocycles. The number of likely N-dealkylation sites (tertiary alicyclic amines) is 1. The van der Waals surface area contributed by atoms with E-state index in [0.29, 0.717) is 18.7 Å². The van der Waals surface area contributed by atoms with E-state index in [4.69, 9.17) is 4.74 Å². The average Bonchev–Trinajstić information content (AvgIpc) is 2.99. The molecule has 3 nitrogen and oxygen atoms in total. The maximum absolute atomic E-state index is 13.6. The highest BCUT2D eigenvalue weighted by atomic mass is 19.1. The molecule has 0 saturated carbocycles. The van der Waals surface area contributed by atoms with Gasteiger partial charge in [0.25, 0.3) is 0 Å². The SMILES string of the molecule is O=C(Cc1ccccc1F)N1CCC(Oc2ccccc2)C1. The van der Waals surface area contributed by atoms with Crippen molar-refractivity contribution in [1.29, 1.82) is 0 Å². The summed E-state index contributed by atoms with van der Waals surface area (Å²) in [5.41, 5.74) is 0.444. The summed E-state index contributed by atoms with van der Waals surface area (Å²) in [4.78, 5) is 14.0. The van der Waals surface area contributed by atoms with Crippen LogP contribution in [-0.4, -0.2) is 30.0 Å². The van der Waals surface area contributed by atoms with Gasteiger partial charge >= 0.3 is 0 Å². The fourth-order valence-electron chi connectivity index (χ4n) is 2.66. The molecule has 1 amide bonds. The van der Waals surface area contributed by atoms with Gasteiger partial charge in [0.2, 0.25) is 5.91 Å². The Kier molecular flexibility index (Phi) is 4.37. The number of nitrogens with zero attached hydrogens (tertiary/aromatic N) is 1. The Morgan fingerprint density at radius 1 is 1.14 bits per heavy atom. The smallest absolute Gasteiger partial charge is 0.227 e. The van der Waals surface area contributed by atoms with E-state index in [9.17, 15) is 9.18 Å². The zero-order chi connectivity index (χ0) is 15.4. The average molecular weight is 299 g/mol. The minimum absolute atomic E-state index is 0.00645. The Bertz CT molecular complexity index is 645. The van der Waals surface area contributed by atoms with Crippen LogP contribution in [0.4, 0.5) is 4.39 Å². The van der Waals surface area contributed by atoms with Gasteiger partial charge in [0.05, 0.1) is 13.0 Å². The number of ether oxygens (including phenoxy) is 1. The molecule has 0 aliphatic carbocycles. The van der Waals surface area contributed by atoms with Crippen molar-refractivity contribution in [3.05, 3.63) is 66.0 Å². The summed E-state index contributed by atoms with van der Waals surface area (Å²) in [6.07, 6.45) is 0.912. The van der Waals surface area contributed by atoms with Crippen molar-refractivity contribution in [2.45, 2.75) is 18.9 Å². The normalized spacial score (nSPS) is 17.5. The van der Waals surface area contributed by atoms with Crippen molar-refractivity contribution in [2.75, 3.05) is 13.1 Å². The van der Waals surface area contributed by atoms with Crippen molar-refractivity contribution >= 4 is 5.91 Å². The third-order valence-corrected chi connectivity index (χ3v) is 3.84. The van der Waals surface area contributed by atoms with Crippen LogP contribution in [0.15, 0.2) is 54.6 Å². The van der Waals surface area contributed by atoms with E-state index < -0.39 is 0 Å². The van der Waals surface area contributed by atoms with E-state index >= 15 is 0 Å². The first-order valence-electron chi connectivity index (χ1n) is 7.45. The maximum atomic E-state index is 13.6. The molecule has 0 spiro atoms. The second kappa shape index (κ2) is 6.60. The van der Waals surface area contributed by atoms with Crippen LogP contribution in [0.1, 0.15) is 12.0 Å². The Morgan fingerprint density at radius 3 is 2.64 bits per heavy atom. The molecular weight excluding hydrogens is 281 g/mol. The number of hydrogen-bond donors (Lipinski definition) is 0. The summed E-state index contributed by atoms with van der Waals surface area (Å²) >= 11 is 0. The molecule has 3 rings (SSSR count). The standard InChI is InChI=1S/C18H18FNO2/c19-17-9-5-4-6-14(17)12-18(21)20-11-10-16(13-20)22-15-7-2-1-3-8-15/h1-9,16H,10-13H2. The highest BCUT2D eigenvalue weighted by molar-refractivity contribution is 5.79. The topological polar surface area (TPSA) is 29.5 Å². The lowest BCUT2D eigenvalue weighted by atomic mass is 10.1. The third-order valence-electron chi connectivity index (χ3n) is 3.84. The molecular formula is C18H18FNO2. The summed E-state index contributed by atoms with van der Waals surface area (Å²) in [6, 6.07) is 16.0. The van der Waals surface area contributed by atoms with Gasteiger partial charge in [0.1, 0.15) is 17.7 Å². The van der Waals surface area contributed by atoms with Crippen LogP contribution in [0.25, 0.3) is 0 Å². The van der Waals surface area contributed by atoms with Crippen LogP contribution in [0.3, 0.4) is 0 Å². The van der Waals surface area contributed by atoms with Gasteiger partial charge < -0.3 is 9.64 Å². The molecule has 1 unspecified atom stereocenters. The summed E-state index contributed by atoms with van der Waals surface area (Å²) in [5.74, 6) is 0.437. The number of rotatable bonds is 4. The first-order chi connectivity index (χ1) is 10.7. The number of halogens is 1. The quantitative estimate of drug-likeness (QED) is 0.868. The summed E-state index contributed by atoms with van der Waals surface area (Å²) in [5, 5.41) is 0. The van der Waals surface area contributed by atoms with E-state index in [1.54, 1.807) is 23.1 Å². The van der Waals surface area contributed by atoms with E-state index in [1.807, 2.05) is 30.3 Å². The number of carbonyl (C=O) groups excluding carboxylic acids is 1. The van der Waals surface area contributed by atoms with Crippen LogP contribution in [0.2, 0.25) is 0 Å². The van der Waals surface area contributed by atoms with E-state index in [1.165, 1.54) is 6.07 Å². The molecule has 114 valence electrons. The number of benzene rings is 2. The lowest BCUT2D eigenvalue weighted by molar-refractivity contribution is -0.129. The van der Waals surface area contributed by atoms with Gasteiger partial charge in [-0.05, 0) is 23.8 Å². The zero-order valence-electron chi connectivity index (χ0n) is 12.2. The molecule has 0 N–H and O–H groups in total. The van der Waals surface area contributed by atoms with Gasteiger partial charge in [-0.2, -0.15) is 0 Å². The van der Waals surface area contributed by atoms with Crippen LogP contribution in [-0.2, 0) is 11.2 Å². The van der Waals surface area contributed by atoms with Crippen LogP contribution in [0, 0.1) is 5.82 Å². The molecule has 22 heavy (non-hydrogen) atoms. The Hall–Kier alpha value is -2.36. The van der Waals surface area contributed by atoms with Crippen molar-refractivity contribution < 1.29 is 13.9 Å². The maximum Gasteiger partial charge on any atom is 0.227 e. The molecule has 1 fully saturated rings. The second-order valence-electron chi connectivity index (χ2n) is 5.45. The van der Waals surface area contributed by atoms with Crippen molar-refractivity contribution in [2.24, 2.45) is 0 Å². The number of hydrogen-bond acceptors (Lipinski definition) is 2. The molecule has 1 saturated heterocycles. The fourth-order valence-corrected chi connectivity index (χ4v) is 2.66. The van der Waals surface area contributed by atoms with Gasteiger partial charge in [-0.3, -0.25) is 4.79 Å². The lowest BCUT2D eigenvalue weighted by Gasteiger charge is -2.17. The van der Waals surface area contributed by atoms with Gasteiger partial charge in [-0.1, -0.05) is 36.4 Å². The summed E-state index contributed by atoms with van der Waals surface area (Å²) in [7, 11) is 0. The minimum atomic E-state index is -0.327. The Balaban J connectivity index is 1.56. The zero-order valence-corrected chi connectivity index (χ0v) is 12.2. The molecule has 1 atom stereocenters. The Labute approximate surface area is 129 Å². The van der Waals surface area contributed by atoms with Gasteiger partial charge in [-0.25, -0.2) is 4.39 Å². The minimum Gasteiger partial charge on any atom is -0.489 e. The van der Waals surface area contributed by atoms with Crippen molar-refractivity contribution in [3.8, 4) is 5.75 Å². The highest BCUT2D eigenvalue weighted by Crippen LogP contribution is 2.19. The monoisotopic (exact) mass is 299 g/mol. The van der Waals surface area contributed by atoms with Gasteiger partial charge in [0, 0.05) is 13.0 Å². The van der Waals surface area contributed by atoms with Crippen LogP contribution in [0.5, 0.6) is 5.75 Å². The highest BCUT2D eigenvalue weighted by Gasteiger charge is 2.27. The number of carbonyl (C=O) groups is 1. The first kappa shape index (κ1) is 14.6. The molecule has 1 aliphatic rings. The number of amides is 1. The van der Waals surface area contributed by atoms with E-state index in [-0.39, 0.29) is 24.2 Å². The van der Waals surface area contributed by atoms with Crippen molar-refractivity contribution in [1.82, 2.24) is 4.90 Å². The predicted molar refractivity (Wildman–Crippen MR) is 82.2 cm³/mol. The third kappa shape index (κ3) is 3.45. The molecule has 0 bridgehead atoms. The van der Waals surface area contributed by atoms with Crippen LogP contribution < -0.4 is 4.74 Å². The summed E-state index contributed by atoms with van der Waals surface area (Å²) in [6.45, 7) is 1.22. The lowest BCUT2D eigenvalue weighted by Crippen LogP contribution is -2.32. The van der Waals surface area contributed by atoms with Gasteiger partial charge in [-0.15, -0.1) is 0 Å². The fraction of sp³-hybridized carbons (Fsp3) is 0.278. The Morgan fingerprint density at radius 2 is 1.86 bits per heavy atom. The number of para-hydroxylation sites is 1. The molecule has 1 heterocycles.